The van der Waals surface area contributed by atoms with E-state index in [-0.39, 0.29) is 5.56 Å². The third kappa shape index (κ3) is 3.26. The van der Waals surface area contributed by atoms with Crippen molar-refractivity contribution in [3.05, 3.63) is 51.5 Å². The van der Waals surface area contributed by atoms with Crippen LogP contribution in [0.5, 0.6) is 0 Å². The van der Waals surface area contributed by atoms with Crippen LogP contribution in [0, 0.1) is 5.92 Å². The predicted octanol–water partition coefficient (Wildman–Crippen LogP) is 2.00. The summed E-state index contributed by atoms with van der Waals surface area (Å²) >= 11 is 1.31. The SMILES string of the molecule is CC(C)Cc1nnc(NC(=O)c2cnc3ccccn3c2=O)s1. The molecule has 118 valence electrons. The molecule has 3 heterocycles. The van der Waals surface area contributed by atoms with Crippen LogP contribution < -0.4 is 10.9 Å². The van der Waals surface area contributed by atoms with Gasteiger partial charge in [0, 0.05) is 18.8 Å². The van der Waals surface area contributed by atoms with Crippen molar-refractivity contribution < 1.29 is 4.79 Å². The summed E-state index contributed by atoms with van der Waals surface area (Å²) in [6.07, 6.45) is 3.66. The lowest BCUT2D eigenvalue weighted by atomic mass is 10.1. The van der Waals surface area contributed by atoms with Gasteiger partial charge in [0.25, 0.3) is 11.5 Å². The van der Waals surface area contributed by atoms with Crippen molar-refractivity contribution in [1.82, 2.24) is 19.6 Å². The fraction of sp³-hybridized carbons (Fsp3) is 0.267. The highest BCUT2D eigenvalue weighted by Gasteiger charge is 2.15. The van der Waals surface area contributed by atoms with E-state index >= 15 is 0 Å². The van der Waals surface area contributed by atoms with Crippen molar-refractivity contribution in [2.75, 3.05) is 5.32 Å². The smallest absolute Gasteiger partial charge is 0.270 e. The van der Waals surface area contributed by atoms with Gasteiger partial charge >= 0.3 is 0 Å². The zero-order valence-corrected chi connectivity index (χ0v) is 13.5. The Labute approximate surface area is 136 Å². The average molecular weight is 329 g/mol. The Morgan fingerprint density at radius 2 is 2.17 bits per heavy atom. The van der Waals surface area contributed by atoms with Crippen molar-refractivity contribution in [3.63, 3.8) is 0 Å². The molecule has 3 aromatic rings. The lowest BCUT2D eigenvalue weighted by Crippen LogP contribution is -2.26. The molecule has 0 bridgehead atoms. The highest BCUT2D eigenvalue weighted by Crippen LogP contribution is 2.18. The third-order valence-electron chi connectivity index (χ3n) is 3.13. The van der Waals surface area contributed by atoms with Gasteiger partial charge in [-0.3, -0.25) is 19.3 Å². The molecule has 0 aliphatic rings. The van der Waals surface area contributed by atoms with Crippen molar-refractivity contribution in [2.45, 2.75) is 20.3 Å². The molecule has 0 aliphatic heterocycles. The van der Waals surface area contributed by atoms with Gasteiger partial charge in [-0.25, -0.2) is 4.98 Å². The van der Waals surface area contributed by atoms with Crippen molar-refractivity contribution in [3.8, 4) is 0 Å². The minimum atomic E-state index is -0.534. The molecule has 0 saturated heterocycles. The second-order valence-electron chi connectivity index (χ2n) is 5.46. The Hall–Kier alpha value is -2.61. The zero-order valence-electron chi connectivity index (χ0n) is 12.7. The number of nitrogens with one attached hydrogen (secondary N) is 1. The van der Waals surface area contributed by atoms with Crippen LogP contribution in [0.4, 0.5) is 5.13 Å². The van der Waals surface area contributed by atoms with Gasteiger partial charge in [-0.2, -0.15) is 0 Å². The first-order valence-electron chi connectivity index (χ1n) is 7.14. The maximum atomic E-state index is 12.3. The van der Waals surface area contributed by atoms with E-state index in [2.05, 4.69) is 34.3 Å². The minimum absolute atomic E-state index is 0.0330. The fourth-order valence-corrected chi connectivity index (χ4v) is 3.03. The van der Waals surface area contributed by atoms with Crippen LogP contribution in [0.3, 0.4) is 0 Å². The molecule has 0 saturated carbocycles. The number of aromatic nitrogens is 4. The standard InChI is InChI=1S/C15H15N5O2S/c1-9(2)7-12-18-19-15(23-12)17-13(21)10-8-16-11-5-3-4-6-20(11)14(10)22/h3-6,8-9H,7H2,1-2H3,(H,17,19,21). The molecule has 23 heavy (non-hydrogen) atoms. The summed E-state index contributed by atoms with van der Waals surface area (Å²) < 4.78 is 1.33. The molecule has 0 fully saturated rings. The molecule has 0 atom stereocenters. The number of pyridine rings is 1. The quantitative estimate of drug-likeness (QED) is 0.791. The van der Waals surface area contributed by atoms with Crippen LogP contribution in [0.15, 0.2) is 35.4 Å². The molecule has 3 rings (SSSR count). The van der Waals surface area contributed by atoms with Crippen molar-refractivity contribution in [1.29, 1.82) is 0 Å². The molecule has 8 heteroatoms. The Kier molecular flexibility index (Phi) is 4.16. The summed E-state index contributed by atoms with van der Waals surface area (Å²) in [5, 5.41) is 11.8. The van der Waals surface area contributed by atoms with Crippen molar-refractivity contribution >= 4 is 28.0 Å². The summed E-state index contributed by atoms with van der Waals surface area (Å²) in [6, 6.07) is 5.19. The van der Waals surface area contributed by atoms with Gasteiger partial charge in [-0.1, -0.05) is 31.3 Å². The van der Waals surface area contributed by atoms with E-state index in [9.17, 15) is 9.59 Å². The van der Waals surface area contributed by atoms with Gasteiger partial charge in [-0.15, -0.1) is 10.2 Å². The van der Waals surface area contributed by atoms with Gasteiger partial charge in [-0.05, 0) is 18.1 Å². The highest BCUT2D eigenvalue weighted by atomic mass is 32.1. The van der Waals surface area contributed by atoms with Crippen LogP contribution in [-0.4, -0.2) is 25.5 Å². The lowest BCUT2D eigenvalue weighted by molar-refractivity contribution is 0.102. The topological polar surface area (TPSA) is 89.2 Å². The maximum absolute atomic E-state index is 12.3. The second-order valence-corrected chi connectivity index (χ2v) is 6.52. The monoisotopic (exact) mass is 329 g/mol. The van der Waals surface area contributed by atoms with Gasteiger partial charge in [0.15, 0.2) is 0 Å². The molecule has 0 unspecified atom stereocenters. The predicted molar refractivity (Wildman–Crippen MR) is 87.9 cm³/mol. The number of hydrogen-bond acceptors (Lipinski definition) is 6. The minimum Gasteiger partial charge on any atom is -0.296 e. The molecule has 7 nitrogen and oxygen atoms in total. The summed E-state index contributed by atoms with van der Waals surface area (Å²) in [5.41, 5.74) is 0.0403. The Morgan fingerprint density at radius 1 is 1.35 bits per heavy atom. The first-order chi connectivity index (χ1) is 11.0. The maximum Gasteiger partial charge on any atom is 0.270 e. The number of anilines is 1. The van der Waals surface area contributed by atoms with E-state index in [1.54, 1.807) is 24.4 Å². The van der Waals surface area contributed by atoms with Crippen LogP contribution in [0.25, 0.3) is 5.65 Å². The number of nitrogens with zero attached hydrogens (tertiary/aromatic N) is 4. The van der Waals surface area contributed by atoms with Crippen LogP contribution in [-0.2, 0) is 6.42 Å². The number of carbonyl (C=O) groups excluding carboxylic acids is 1. The van der Waals surface area contributed by atoms with Crippen LogP contribution in [0.2, 0.25) is 0 Å². The summed E-state index contributed by atoms with van der Waals surface area (Å²) in [4.78, 5) is 28.7. The number of fused-ring (bicyclic) bond motifs is 1. The molecule has 3 aromatic heterocycles. The Balaban J connectivity index is 1.85. The summed E-state index contributed by atoms with van der Waals surface area (Å²) in [5.74, 6) is -0.0752. The molecular weight excluding hydrogens is 314 g/mol. The Morgan fingerprint density at radius 3 is 2.96 bits per heavy atom. The molecule has 0 radical (unpaired) electrons. The van der Waals surface area contributed by atoms with Crippen LogP contribution in [0.1, 0.15) is 29.2 Å². The molecule has 0 aromatic carbocycles. The van der Waals surface area contributed by atoms with Gasteiger partial charge in [0.1, 0.15) is 16.2 Å². The number of carbonyl (C=O) groups is 1. The first-order valence-corrected chi connectivity index (χ1v) is 7.96. The van der Waals surface area contributed by atoms with E-state index in [4.69, 9.17) is 0 Å². The third-order valence-corrected chi connectivity index (χ3v) is 3.99. The number of amides is 1. The summed E-state index contributed by atoms with van der Waals surface area (Å²) in [6.45, 7) is 4.17. The normalized spacial score (nSPS) is 11.1. The zero-order chi connectivity index (χ0) is 16.4. The van der Waals surface area contributed by atoms with E-state index in [0.29, 0.717) is 16.7 Å². The first kappa shape index (κ1) is 15.3. The molecule has 1 N–H and O–H groups in total. The van der Waals surface area contributed by atoms with Gasteiger partial charge in [0.2, 0.25) is 5.13 Å². The van der Waals surface area contributed by atoms with Gasteiger partial charge in [0.05, 0.1) is 0 Å². The van der Waals surface area contributed by atoms with E-state index < -0.39 is 11.5 Å². The molecule has 0 aliphatic carbocycles. The molecular formula is C15H15N5O2S. The van der Waals surface area contributed by atoms with Crippen LogP contribution >= 0.6 is 11.3 Å². The van der Waals surface area contributed by atoms with Crippen molar-refractivity contribution in [2.24, 2.45) is 5.92 Å². The second kappa shape index (κ2) is 6.25. The summed E-state index contributed by atoms with van der Waals surface area (Å²) in [7, 11) is 0. The fourth-order valence-electron chi connectivity index (χ4n) is 2.08. The van der Waals surface area contributed by atoms with E-state index in [0.717, 1.165) is 11.4 Å². The largest absolute Gasteiger partial charge is 0.296 e. The number of hydrogen-bond donors (Lipinski definition) is 1. The number of rotatable bonds is 4. The highest BCUT2D eigenvalue weighted by molar-refractivity contribution is 7.15. The average Bonchev–Trinajstić information content (AvgIpc) is 2.94. The lowest BCUT2D eigenvalue weighted by Gasteiger charge is -2.03. The van der Waals surface area contributed by atoms with E-state index in [1.807, 2.05) is 0 Å². The van der Waals surface area contributed by atoms with Gasteiger partial charge < -0.3 is 0 Å². The molecule has 0 spiro atoms. The van der Waals surface area contributed by atoms with E-state index in [1.165, 1.54) is 21.9 Å². The molecule has 1 amide bonds. The Bertz CT molecular complexity index is 915.